The summed E-state index contributed by atoms with van der Waals surface area (Å²) in [6.07, 6.45) is 2.10. The molecule has 0 saturated carbocycles. The number of rotatable bonds is 2. The summed E-state index contributed by atoms with van der Waals surface area (Å²) in [5.41, 5.74) is -0.677. The van der Waals surface area contributed by atoms with Crippen LogP contribution in [-0.4, -0.2) is 17.4 Å². The maximum absolute atomic E-state index is 11.1. The Bertz CT molecular complexity index is 232. The van der Waals surface area contributed by atoms with Gasteiger partial charge >= 0.3 is 5.97 Å². The maximum Gasteiger partial charge on any atom is 0.340 e. The molecule has 0 aromatic heterocycles. The number of nitrogens with zero attached hydrogens (tertiary/aromatic N) is 1. The highest BCUT2D eigenvalue weighted by Gasteiger charge is 2.38. The van der Waals surface area contributed by atoms with Crippen molar-refractivity contribution >= 4 is 11.9 Å². The molecule has 60 valence electrons. The van der Waals surface area contributed by atoms with Crippen LogP contribution in [0.25, 0.3) is 0 Å². The van der Waals surface area contributed by atoms with Gasteiger partial charge < -0.3 is 4.74 Å². The van der Waals surface area contributed by atoms with Crippen molar-refractivity contribution in [2.75, 3.05) is 0 Å². The fourth-order valence-corrected chi connectivity index (χ4v) is 0.827. The first kappa shape index (κ1) is 7.98. The van der Waals surface area contributed by atoms with Crippen LogP contribution in [-0.2, 0) is 9.53 Å². The van der Waals surface area contributed by atoms with Crippen molar-refractivity contribution in [3.8, 4) is 0 Å². The molecule has 1 unspecified atom stereocenters. The van der Waals surface area contributed by atoms with E-state index in [0.717, 1.165) is 0 Å². The van der Waals surface area contributed by atoms with Gasteiger partial charge in [0.1, 0.15) is 0 Å². The van der Waals surface area contributed by atoms with Crippen LogP contribution in [0.15, 0.2) is 17.6 Å². The lowest BCUT2D eigenvalue weighted by Crippen LogP contribution is -2.28. The molecule has 0 radical (unpaired) electrons. The second kappa shape index (κ2) is 2.49. The van der Waals surface area contributed by atoms with Crippen LogP contribution in [0.5, 0.6) is 0 Å². The summed E-state index contributed by atoms with van der Waals surface area (Å²) >= 11 is 0. The SMILES string of the molecule is C=CC1=NC(C)(CC)C(=O)O1. The number of hydrogen-bond donors (Lipinski definition) is 0. The molecule has 0 aliphatic carbocycles. The molecule has 1 heterocycles. The Balaban J connectivity index is 2.91. The van der Waals surface area contributed by atoms with E-state index in [4.69, 9.17) is 4.74 Å². The summed E-state index contributed by atoms with van der Waals surface area (Å²) < 4.78 is 4.81. The summed E-state index contributed by atoms with van der Waals surface area (Å²) in [6.45, 7) is 7.12. The van der Waals surface area contributed by atoms with Crippen molar-refractivity contribution in [3.05, 3.63) is 12.7 Å². The van der Waals surface area contributed by atoms with Gasteiger partial charge in [-0.3, -0.25) is 0 Å². The molecule has 1 rings (SSSR count). The predicted molar refractivity (Wildman–Crippen MR) is 42.4 cm³/mol. The molecule has 3 nitrogen and oxygen atoms in total. The fraction of sp³-hybridized carbons (Fsp3) is 0.500. The van der Waals surface area contributed by atoms with E-state index in [1.54, 1.807) is 6.92 Å². The molecule has 1 atom stereocenters. The number of carbonyl (C=O) groups is 1. The lowest BCUT2D eigenvalue weighted by atomic mass is 10.0. The highest BCUT2D eigenvalue weighted by atomic mass is 16.6. The van der Waals surface area contributed by atoms with Crippen molar-refractivity contribution < 1.29 is 9.53 Å². The molecule has 0 aromatic carbocycles. The zero-order chi connectivity index (χ0) is 8.48. The van der Waals surface area contributed by atoms with Crippen molar-refractivity contribution in [2.24, 2.45) is 4.99 Å². The lowest BCUT2D eigenvalue weighted by Gasteiger charge is -2.11. The topological polar surface area (TPSA) is 38.7 Å². The van der Waals surface area contributed by atoms with Crippen LogP contribution in [0.3, 0.4) is 0 Å². The smallest absolute Gasteiger partial charge is 0.340 e. The number of cyclic esters (lactones) is 1. The van der Waals surface area contributed by atoms with Crippen molar-refractivity contribution in [2.45, 2.75) is 25.8 Å². The molecule has 0 fully saturated rings. The van der Waals surface area contributed by atoms with E-state index in [9.17, 15) is 4.79 Å². The number of esters is 1. The van der Waals surface area contributed by atoms with E-state index < -0.39 is 5.54 Å². The van der Waals surface area contributed by atoms with Gasteiger partial charge in [0, 0.05) is 0 Å². The molecule has 0 aromatic rings. The molecule has 1 aliphatic heterocycles. The zero-order valence-electron chi connectivity index (χ0n) is 6.76. The first-order valence-electron chi connectivity index (χ1n) is 3.57. The van der Waals surface area contributed by atoms with E-state index >= 15 is 0 Å². The third kappa shape index (κ3) is 1.18. The molecule has 0 bridgehead atoms. The molecular formula is C8H11NO2. The largest absolute Gasteiger partial charge is 0.406 e. The molecule has 3 heteroatoms. The van der Waals surface area contributed by atoms with Gasteiger partial charge in [-0.05, 0) is 19.4 Å². The average molecular weight is 153 g/mol. The van der Waals surface area contributed by atoms with Crippen LogP contribution in [0.2, 0.25) is 0 Å². The van der Waals surface area contributed by atoms with Crippen molar-refractivity contribution in [1.82, 2.24) is 0 Å². The van der Waals surface area contributed by atoms with E-state index in [1.807, 2.05) is 6.92 Å². The molecule has 1 aliphatic rings. The number of ether oxygens (including phenoxy) is 1. The zero-order valence-corrected chi connectivity index (χ0v) is 6.76. The van der Waals surface area contributed by atoms with Gasteiger partial charge in [0.05, 0.1) is 0 Å². The lowest BCUT2D eigenvalue weighted by molar-refractivity contribution is -0.138. The summed E-state index contributed by atoms with van der Waals surface area (Å²) in [4.78, 5) is 15.2. The third-order valence-electron chi connectivity index (χ3n) is 1.86. The van der Waals surface area contributed by atoms with Crippen molar-refractivity contribution in [1.29, 1.82) is 0 Å². The van der Waals surface area contributed by atoms with Crippen LogP contribution in [0, 0.1) is 0 Å². The third-order valence-corrected chi connectivity index (χ3v) is 1.86. The van der Waals surface area contributed by atoms with Gasteiger partial charge in [-0.15, -0.1) is 0 Å². The number of aliphatic imine (C=N–C) groups is 1. The predicted octanol–water partition coefficient (Wildman–Crippen LogP) is 1.30. The van der Waals surface area contributed by atoms with Gasteiger partial charge in [0.25, 0.3) is 0 Å². The fourth-order valence-electron chi connectivity index (χ4n) is 0.827. The van der Waals surface area contributed by atoms with E-state index in [0.29, 0.717) is 12.3 Å². The van der Waals surface area contributed by atoms with Gasteiger partial charge in [0.2, 0.25) is 5.90 Å². The van der Waals surface area contributed by atoms with Gasteiger partial charge in [0.15, 0.2) is 5.54 Å². The van der Waals surface area contributed by atoms with Crippen LogP contribution in [0.1, 0.15) is 20.3 Å². The first-order valence-corrected chi connectivity index (χ1v) is 3.57. The summed E-state index contributed by atoms with van der Waals surface area (Å²) in [5.74, 6) is 0.0502. The minimum absolute atomic E-state index is 0.282. The number of hydrogen-bond acceptors (Lipinski definition) is 3. The first-order chi connectivity index (χ1) is 5.12. The molecule has 0 spiro atoms. The monoisotopic (exact) mass is 153 g/mol. The van der Waals surface area contributed by atoms with Crippen LogP contribution in [0.4, 0.5) is 0 Å². The average Bonchev–Trinajstić information content (AvgIpc) is 2.29. The minimum Gasteiger partial charge on any atom is -0.406 e. The molecule has 0 saturated heterocycles. The standard InChI is InChI=1S/C8H11NO2/c1-4-6-9-8(3,5-2)7(10)11-6/h4H,1,5H2,2-3H3. The Kier molecular flexibility index (Phi) is 1.81. The van der Waals surface area contributed by atoms with Gasteiger partial charge in [-0.1, -0.05) is 13.5 Å². The van der Waals surface area contributed by atoms with E-state index in [2.05, 4.69) is 11.6 Å². The second-order valence-corrected chi connectivity index (χ2v) is 2.67. The van der Waals surface area contributed by atoms with Crippen molar-refractivity contribution in [3.63, 3.8) is 0 Å². The highest BCUT2D eigenvalue weighted by molar-refractivity contribution is 6.04. The molecule has 0 amide bonds. The Morgan fingerprint density at radius 3 is 2.73 bits per heavy atom. The number of carbonyl (C=O) groups excluding carboxylic acids is 1. The highest BCUT2D eigenvalue weighted by Crippen LogP contribution is 2.23. The van der Waals surface area contributed by atoms with Crippen LogP contribution >= 0.6 is 0 Å². The summed E-state index contributed by atoms with van der Waals surface area (Å²) in [5, 5.41) is 0. The molecule has 11 heavy (non-hydrogen) atoms. The quantitative estimate of drug-likeness (QED) is 0.561. The minimum atomic E-state index is -0.677. The van der Waals surface area contributed by atoms with Gasteiger partial charge in [-0.25, -0.2) is 9.79 Å². The summed E-state index contributed by atoms with van der Waals surface area (Å²) in [6, 6.07) is 0. The Labute approximate surface area is 65.8 Å². The Hall–Kier alpha value is -1.12. The van der Waals surface area contributed by atoms with Gasteiger partial charge in [-0.2, -0.15) is 0 Å². The Morgan fingerprint density at radius 2 is 2.45 bits per heavy atom. The second-order valence-electron chi connectivity index (χ2n) is 2.67. The van der Waals surface area contributed by atoms with E-state index in [1.165, 1.54) is 6.08 Å². The Morgan fingerprint density at radius 1 is 1.82 bits per heavy atom. The molecule has 0 N–H and O–H groups in total. The molecular weight excluding hydrogens is 142 g/mol. The summed E-state index contributed by atoms with van der Waals surface area (Å²) in [7, 11) is 0. The maximum atomic E-state index is 11.1. The van der Waals surface area contributed by atoms with Crippen LogP contribution < -0.4 is 0 Å². The van der Waals surface area contributed by atoms with E-state index in [-0.39, 0.29) is 5.97 Å². The normalized spacial score (nSPS) is 29.6.